The van der Waals surface area contributed by atoms with Gasteiger partial charge in [-0.15, -0.1) is 0 Å². The molecule has 1 aromatic heterocycles. The smallest absolute Gasteiger partial charge is 0.238 e. The Morgan fingerprint density at radius 2 is 1.47 bits per heavy atom. The van der Waals surface area contributed by atoms with Gasteiger partial charge in [-0.25, -0.2) is 0 Å². The van der Waals surface area contributed by atoms with Gasteiger partial charge in [-0.05, 0) is 19.1 Å². The van der Waals surface area contributed by atoms with Crippen molar-refractivity contribution in [2.24, 2.45) is 0 Å². The average molecular weight is 478 g/mol. The molecule has 4 rings (SSSR count). The van der Waals surface area contributed by atoms with E-state index in [1.165, 1.54) is 14.0 Å². The predicted molar refractivity (Wildman–Crippen MR) is 114 cm³/mol. The number of ether oxygens (including phenoxy) is 2. The molecule has 2 unspecified atom stereocenters. The molecule has 2 aromatic carbocycles. The number of benzene rings is 2. The molecule has 5 atom stereocenters. The maximum atomic E-state index is 13.0. The Morgan fingerprint density at radius 1 is 0.853 bits per heavy atom. The van der Waals surface area contributed by atoms with Gasteiger partial charge in [-0.3, -0.25) is 4.79 Å². The Hall–Kier alpha value is -3.71. The van der Waals surface area contributed by atoms with Crippen molar-refractivity contribution in [3.8, 4) is 45.8 Å². The van der Waals surface area contributed by atoms with E-state index in [1.54, 1.807) is 0 Å². The van der Waals surface area contributed by atoms with Crippen molar-refractivity contribution >= 4 is 11.0 Å². The van der Waals surface area contributed by atoms with Crippen molar-refractivity contribution in [1.82, 2.24) is 0 Å². The Kier molecular flexibility index (Phi) is 5.69. The van der Waals surface area contributed by atoms with E-state index in [1.807, 2.05) is 0 Å². The minimum Gasteiger partial charge on any atom is -0.507 e. The second-order valence-corrected chi connectivity index (χ2v) is 7.92. The third kappa shape index (κ3) is 3.44. The molecule has 34 heavy (non-hydrogen) atoms. The van der Waals surface area contributed by atoms with Crippen LogP contribution in [-0.2, 0) is 4.74 Å². The number of methoxy groups -OCH3 is 1. The summed E-state index contributed by atoms with van der Waals surface area (Å²) in [6.07, 6.45) is -7.15. The number of aromatic hydroxyl groups is 5. The molecule has 2 heterocycles. The lowest BCUT2D eigenvalue weighted by Gasteiger charge is -2.39. The molecule has 0 bridgehead atoms. The summed E-state index contributed by atoms with van der Waals surface area (Å²) in [4.78, 5) is 13.0. The number of fused-ring (bicyclic) bond motifs is 1. The van der Waals surface area contributed by atoms with E-state index in [2.05, 4.69) is 0 Å². The molecule has 182 valence electrons. The maximum Gasteiger partial charge on any atom is 0.238 e. The molecule has 1 aliphatic rings. The van der Waals surface area contributed by atoms with E-state index >= 15 is 0 Å². The Labute approximate surface area is 190 Å². The first-order chi connectivity index (χ1) is 16.0. The molecule has 0 aliphatic carbocycles. The molecule has 1 saturated heterocycles. The van der Waals surface area contributed by atoms with Gasteiger partial charge < -0.3 is 54.7 Å². The van der Waals surface area contributed by atoms with Gasteiger partial charge in [-0.2, -0.15) is 0 Å². The third-order valence-corrected chi connectivity index (χ3v) is 5.81. The predicted octanol–water partition coefficient (Wildman–Crippen LogP) is 0.539. The minimum absolute atomic E-state index is 0.110. The summed E-state index contributed by atoms with van der Waals surface area (Å²) in [5.74, 6) is -4.69. The van der Waals surface area contributed by atoms with Crippen LogP contribution in [0.5, 0.6) is 34.5 Å². The average Bonchev–Trinajstić information content (AvgIpc) is 2.80. The fourth-order valence-electron chi connectivity index (χ4n) is 3.99. The van der Waals surface area contributed by atoms with Crippen molar-refractivity contribution in [3.05, 3.63) is 34.0 Å². The molecule has 12 heteroatoms. The van der Waals surface area contributed by atoms with Crippen molar-refractivity contribution in [2.75, 3.05) is 7.11 Å². The summed E-state index contributed by atoms with van der Waals surface area (Å²) in [5.41, 5.74) is -1.84. The van der Waals surface area contributed by atoms with E-state index in [0.29, 0.717) is 0 Å². The Morgan fingerprint density at radius 3 is 2.06 bits per heavy atom. The first-order valence-corrected chi connectivity index (χ1v) is 10.0. The summed E-state index contributed by atoms with van der Waals surface area (Å²) in [5, 5.41) is 80.7. The van der Waals surface area contributed by atoms with Gasteiger partial charge >= 0.3 is 0 Å². The van der Waals surface area contributed by atoms with Crippen LogP contribution in [0.2, 0.25) is 0 Å². The molecule has 0 radical (unpaired) electrons. The number of hydrogen-bond acceptors (Lipinski definition) is 12. The highest BCUT2D eigenvalue weighted by Gasteiger charge is 2.45. The molecule has 0 amide bonds. The molecular weight excluding hydrogens is 456 g/mol. The van der Waals surface area contributed by atoms with Crippen molar-refractivity contribution in [2.45, 2.75) is 37.4 Å². The first-order valence-electron chi connectivity index (χ1n) is 10.0. The SMILES string of the molecule is COc1cc(O)c2c(=O)c(O)c(-c3cc(O)c(O)c(O)c3)oc2c1[C@@H]1O[C@@H](C)[C@H](O)C(O)C1O. The van der Waals surface area contributed by atoms with Crippen molar-refractivity contribution in [3.63, 3.8) is 0 Å². The van der Waals surface area contributed by atoms with Crippen LogP contribution in [0, 0.1) is 0 Å². The second-order valence-electron chi connectivity index (χ2n) is 7.92. The van der Waals surface area contributed by atoms with Crippen LogP contribution >= 0.6 is 0 Å². The van der Waals surface area contributed by atoms with E-state index in [9.17, 15) is 45.6 Å². The molecule has 1 fully saturated rings. The molecule has 3 aromatic rings. The second kappa shape index (κ2) is 8.25. The number of rotatable bonds is 3. The van der Waals surface area contributed by atoms with Crippen molar-refractivity contribution in [1.29, 1.82) is 0 Å². The molecular formula is C22H22O12. The summed E-state index contributed by atoms with van der Waals surface area (Å²) < 4.78 is 16.7. The summed E-state index contributed by atoms with van der Waals surface area (Å²) in [6, 6.07) is 2.85. The maximum absolute atomic E-state index is 13.0. The topological polar surface area (TPSA) is 211 Å². The van der Waals surface area contributed by atoms with Crippen LogP contribution in [0.25, 0.3) is 22.3 Å². The minimum atomic E-state index is -1.71. The number of phenolic OH excluding ortho intramolecular Hbond substituents is 4. The normalized spacial score (nSPS) is 24.9. The molecule has 0 spiro atoms. The highest BCUT2D eigenvalue weighted by atomic mass is 16.5. The van der Waals surface area contributed by atoms with Gasteiger partial charge in [0.05, 0.1) is 18.8 Å². The van der Waals surface area contributed by atoms with E-state index in [4.69, 9.17) is 13.9 Å². The van der Waals surface area contributed by atoms with Crippen LogP contribution < -0.4 is 10.2 Å². The monoisotopic (exact) mass is 478 g/mol. The Balaban J connectivity index is 2.07. The molecule has 1 aliphatic heterocycles. The zero-order valence-electron chi connectivity index (χ0n) is 17.8. The molecule has 8 N–H and O–H groups in total. The standard InChI is InChI=1S/C22H22O12/c1-6-14(26)17(29)19(31)22(33-6)13-11(32-2)5-8(23)12-16(28)18(30)20(34-21(12)13)7-3-9(24)15(27)10(25)4-7/h3-6,14,17,19,22-27,29-31H,1-2H3/t6-,14-,17?,19?,22-/m0/s1. The number of phenols is 4. The number of aliphatic hydroxyl groups is 3. The molecule has 12 nitrogen and oxygen atoms in total. The molecule has 0 saturated carbocycles. The summed E-state index contributed by atoms with van der Waals surface area (Å²) in [7, 11) is 1.23. The zero-order valence-corrected chi connectivity index (χ0v) is 17.8. The van der Waals surface area contributed by atoms with Crippen LogP contribution in [0.4, 0.5) is 0 Å². The number of aliphatic hydroxyl groups excluding tert-OH is 3. The zero-order chi connectivity index (χ0) is 25.1. The summed E-state index contributed by atoms with van der Waals surface area (Å²) in [6.45, 7) is 1.44. The van der Waals surface area contributed by atoms with Crippen LogP contribution in [0.3, 0.4) is 0 Å². The lowest BCUT2D eigenvalue weighted by molar-refractivity contribution is -0.219. The van der Waals surface area contributed by atoms with Gasteiger partial charge in [0.2, 0.25) is 11.2 Å². The lowest BCUT2D eigenvalue weighted by atomic mass is 9.90. The first kappa shape index (κ1) is 23.4. The van der Waals surface area contributed by atoms with Gasteiger partial charge in [0, 0.05) is 11.6 Å². The highest BCUT2D eigenvalue weighted by Crippen LogP contribution is 2.46. The van der Waals surface area contributed by atoms with Gasteiger partial charge in [0.15, 0.2) is 28.6 Å². The van der Waals surface area contributed by atoms with Gasteiger partial charge in [-0.1, -0.05) is 0 Å². The van der Waals surface area contributed by atoms with E-state index in [-0.39, 0.29) is 16.9 Å². The summed E-state index contributed by atoms with van der Waals surface area (Å²) >= 11 is 0. The van der Waals surface area contributed by atoms with Crippen LogP contribution in [-0.4, -0.2) is 72.4 Å². The van der Waals surface area contributed by atoms with Gasteiger partial charge in [0.1, 0.15) is 41.3 Å². The fraction of sp³-hybridized carbons (Fsp3) is 0.318. The lowest BCUT2D eigenvalue weighted by Crippen LogP contribution is -2.53. The highest BCUT2D eigenvalue weighted by molar-refractivity contribution is 5.91. The van der Waals surface area contributed by atoms with E-state index in [0.717, 1.165) is 18.2 Å². The Bertz CT molecular complexity index is 1310. The van der Waals surface area contributed by atoms with Gasteiger partial charge in [0.25, 0.3) is 0 Å². The van der Waals surface area contributed by atoms with Crippen LogP contribution in [0.1, 0.15) is 18.6 Å². The third-order valence-electron chi connectivity index (χ3n) is 5.81. The van der Waals surface area contributed by atoms with Crippen molar-refractivity contribution < 1.29 is 54.7 Å². The van der Waals surface area contributed by atoms with Crippen LogP contribution in [0.15, 0.2) is 27.4 Å². The number of hydrogen-bond donors (Lipinski definition) is 8. The quantitative estimate of drug-likeness (QED) is 0.242. The van der Waals surface area contributed by atoms with E-state index < -0.39 is 81.4 Å². The largest absolute Gasteiger partial charge is 0.507 e. The fourth-order valence-corrected chi connectivity index (χ4v) is 3.99.